The topological polar surface area (TPSA) is 53.8 Å². The highest BCUT2D eigenvalue weighted by Crippen LogP contribution is 2.32. The van der Waals surface area contributed by atoms with Gasteiger partial charge in [-0.05, 0) is 50.3 Å². The average molecular weight is 354 g/mol. The van der Waals surface area contributed by atoms with E-state index in [-0.39, 0.29) is 23.8 Å². The van der Waals surface area contributed by atoms with Gasteiger partial charge in [0.15, 0.2) is 0 Å². The summed E-state index contributed by atoms with van der Waals surface area (Å²) in [6.07, 6.45) is 3.94. The van der Waals surface area contributed by atoms with Crippen LogP contribution in [0.5, 0.6) is 0 Å². The van der Waals surface area contributed by atoms with Crippen molar-refractivity contribution in [2.24, 2.45) is 5.92 Å². The Hall–Kier alpha value is -2.30. The number of carbonyl (C=O) groups is 2. The van der Waals surface area contributed by atoms with Crippen LogP contribution < -0.4 is 0 Å². The Balaban J connectivity index is 1.60. The van der Waals surface area contributed by atoms with E-state index in [1.165, 1.54) is 5.56 Å². The molecule has 5 heteroatoms. The molecule has 1 aromatic carbocycles. The normalized spacial score (nSPS) is 23.0. The maximum absolute atomic E-state index is 13.0. The Morgan fingerprint density at radius 1 is 1.19 bits per heavy atom. The number of piperidine rings is 1. The molecule has 2 atom stereocenters. The van der Waals surface area contributed by atoms with E-state index >= 15 is 0 Å². The first kappa shape index (κ1) is 17.1. The maximum atomic E-state index is 13.0. The van der Waals surface area contributed by atoms with Crippen LogP contribution in [0.2, 0.25) is 0 Å². The third-order valence-electron chi connectivity index (χ3n) is 6.29. The monoisotopic (exact) mass is 354 g/mol. The van der Waals surface area contributed by atoms with Crippen molar-refractivity contribution >= 4 is 22.8 Å². The molecule has 0 unspecified atom stereocenters. The molecule has 2 bridgehead atoms. The lowest BCUT2D eigenvalue weighted by Crippen LogP contribution is -2.45. The molecule has 3 fully saturated rings. The van der Waals surface area contributed by atoms with Gasteiger partial charge in [-0.3, -0.25) is 9.59 Å². The third-order valence-corrected chi connectivity index (χ3v) is 6.29. The van der Waals surface area contributed by atoms with E-state index in [0.29, 0.717) is 19.5 Å². The molecule has 2 aromatic rings. The zero-order valence-electron chi connectivity index (χ0n) is 16.0. The molecular formula is C21H26N2O3. The lowest BCUT2D eigenvalue weighted by atomic mass is 9.95. The predicted molar refractivity (Wildman–Crippen MR) is 100.0 cm³/mol. The predicted octanol–water partition coefficient (Wildman–Crippen LogP) is 2.98. The molecule has 0 saturated carbocycles. The number of rotatable bonds is 2. The molecule has 1 aromatic heterocycles. The highest BCUT2D eigenvalue weighted by atomic mass is 16.3. The Bertz CT molecular complexity index is 898. The smallest absolute Gasteiger partial charge is 0.227 e. The zero-order chi connectivity index (χ0) is 18.6. The van der Waals surface area contributed by atoms with Crippen LogP contribution in [0.1, 0.15) is 35.1 Å². The van der Waals surface area contributed by atoms with E-state index in [1.54, 1.807) is 6.26 Å². The zero-order valence-corrected chi connectivity index (χ0v) is 16.0. The van der Waals surface area contributed by atoms with Crippen LogP contribution in [0.25, 0.3) is 11.0 Å². The van der Waals surface area contributed by atoms with Crippen LogP contribution in [0, 0.1) is 26.7 Å². The number of fused-ring (bicyclic) bond motifs is 5. The standard InChI is InChI=1S/C21H26N2O3/c1-12-7-13(2)19-16(11-26-20(19)14(12)3)8-18(24)23-9-15-5-6-17(10-23)22(4)21(15)25/h7,11,15,17H,5-6,8-10H2,1-4H3/t15-,17+/m1/s1. The minimum absolute atomic E-state index is 0.0459. The minimum atomic E-state index is -0.0459. The summed E-state index contributed by atoms with van der Waals surface area (Å²) in [7, 11) is 1.87. The van der Waals surface area contributed by atoms with Crippen molar-refractivity contribution < 1.29 is 14.0 Å². The Morgan fingerprint density at radius 2 is 1.96 bits per heavy atom. The number of carbonyl (C=O) groups excluding carboxylic acids is 2. The number of likely N-dealkylation sites (N-methyl/N-ethyl adjacent to an activating group) is 1. The molecule has 3 aliphatic heterocycles. The lowest BCUT2D eigenvalue weighted by Gasteiger charge is -2.32. The van der Waals surface area contributed by atoms with Crippen molar-refractivity contribution in [2.75, 3.05) is 20.1 Å². The maximum Gasteiger partial charge on any atom is 0.227 e. The second-order valence-electron chi connectivity index (χ2n) is 7.95. The van der Waals surface area contributed by atoms with Crippen LogP contribution in [-0.4, -0.2) is 47.8 Å². The Kier molecular flexibility index (Phi) is 4.05. The largest absolute Gasteiger partial charge is 0.464 e. The fraction of sp³-hybridized carbons (Fsp3) is 0.524. The third kappa shape index (κ3) is 2.61. The van der Waals surface area contributed by atoms with Crippen LogP contribution in [0.4, 0.5) is 0 Å². The first-order chi connectivity index (χ1) is 12.4. The summed E-state index contributed by atoms with van der Waals surface area (Å²) in [4.78, 5) is 29.1. The molecule has 0 spiro atoms. The van der Waals surface area contributed by atoms with Gasteiger partial charge < -0.3 is 14.2 Å². The summed E-state index contributed by atoms with van der Waals surface area (Å²) >= 11 is 0. The molecular weight excluding hydrogens is 328 g/mol. The number of nitrogens with zero attached hydrogens (tertiary/aromatic N) is 2. The van der Waals surface area contributed by atoms with Gasteiger partial charge in [0.05, 0.1) is 18.6 Å². The second kappa shape index (κ2) is 6.15. The van der Waals surface area contributed by atoms with Gasteiger partial charge in [0.2, 0.25) is 11.8 Å². The first-order valence-electron chi connectivity index (χ1n) is 9.38. The molecule has 5 nitrogen and oxygen atoms in total. The quantitative estimate of drug-likeness (QED) is 0.833. The van der Waals surface area contributed by atoms with Gasteiger partial charge in [-0.15, -0.1) is 0 Å². The van der Waals surface area contributed by atoms with Crippen molar-refractivity contribution in [1.29, 1.82) is 0 Å². The summed E-state index contributed by atoms with van der Waals surface area (Å²) in [5, 5.41) is 1.06. The first-order valence-corrected chi connectivity index (χ1v) is 9.38. The average Bonchev–Trinajstić information content (AvgIpc) is 2.83. The van der Waals surface area contributed by atoms with E-state index in [2.05, 4.69) is 26.8 Å². The van der Waals surface area contributed by atoms with Crippen molar-refractivity contribution in [2.45, 2.75) is 46.1 Å². The summed E-state index contributed by atoms with van der Waals surface area (Å²) in [6.45, 7) is 7.39. The van der Waals surface area contributed by atoms with Gasteiger partial charge in [-0.25, -0.2) is 0 Å². The molecule has 0 N–H and O–H groups in total. The summed E-state index contributed by atoms with van der Waals surface area (Å²) in [5.41, 5.74) is 5.31. The SMILES string of the molecule is Cc1cc(C)c2c(CC(=O)N3C[C@H]4CC[C@@H](C3)N(C)C4=O)coc2c1C. The van der Waals surface area contributed by atoms with E-state index in [1.807, 2.05) is 16.8 Å². The van der Waals surface area contributed by atoms with E-state index in [9.17, 15) is 9.59 Å². The molecule has 2 amide bonds. The fourth-order valence-corrected chi connectivity index (χ4v) is 4.55. The van der Waals surface area contributed by atoms with Crippen molar-refractivity contribution in [3.05, 3.63) is 34.6 Å². The minimum Gasteiger partial charge on any atom is -0.464 e. The van der Waals surface area contributed by atoms with Crippen molar-refractivity contribution in [1.82, 2.24) is 9.80 Å². The summed E-state index contributed by atoms with van der Waals surface area (Å²) in [5.74, 6) is 0.230. The number of furan rings is 1. The summed E-state index contributed by atoms with van der Waals surface area (Å²) < 4.78 is 5.81. The molecule has 4 heterocycles. The van der Waals surface area contributed by atoms with E-state index < -0.39 is 0 Å². The molecule has 0 aliphatic carbocycles. The molecule has 26 heavy (non-hydrogen) atoms. The molecule has 138 valence electrons. The van der Waals surface area contributed by atoms with Crippen molar-refractivity contribution in [3.8, 4) is 0 Å². The van der Waals surface area contributed by atoms with Gasteiger partial charge in [-0.2, -0.15) is 0 Å². The highest BCUT2D eigenvalue weighted by Gasteiger charge is 2.40. The number of amides is 2. The van der Waals surface area contributed by atoms with E-state index in [0.717, 1.165) is 40.5 Å². The Morgan fingerprint density at radius 3 is 2.73 bits per heavy atom. The summed E-state index contributed by atoms with van der Waals surface area (Å²) in [6, 6.07) is 2.30. The van der Waals surface area contributed by atoms with Gasteiger partial charge in [-0.1, -0.05) is 6.07 Å². The van der Waals surface area contributed by atoms with Crippen LogP contribution >= 0.6 is 0 Å². The van der Waals surface area contributed by atoms with Crippen LogP contribution in [-0.2, 0) is 16.0 Å². The number of aryl methyl sites for hydroxylation is 3. The number of hydrogen-bond acceptors (Lipinski definition) is 3. The van der Waals surface area contributed by atoms with Gasteiger partial charge >= 0.3 is 0 Å². The van der Waals surface area contributed by atoms with Gasteiger partial charge in [0, 0.05) is 37.1 Å². The van der Waals surface area contributed by atoms with Gasteiger partial charge in [0.1, 0.15) is 5.58 Å². The molecule has 5 rings (SSSR count). The van der Waals surface area contributed by atoms with Crippen LogP contribution in [0.15, 0.2) is 16.7 Å². The highest BCUT2D eigenvalue weighted by molar-refractivity contribution is 5.92. The second-order valence-corrected chi connectivity index (χ2v) is 7.95. The van der Waals surface area contributed by atoms with Crippen molar-refractivity contribution in [3.63, 3.8) is 0 Å². The number of benzene rings is 1. The number of hydrogen-bond donors (Lipinski definition) is 0. The molecule has 3 aliphatic rings. The fourth-order valence-electron chi connectivity index (χ4n) is 4.55. The molecule has 0 radical (unpaired) electrons. The van der Waals surface area contributed by atoms with Crippen LogP contribution in [0.3, 0.4) is 0 Å². The van der Waals surface area contributed by atoms with Gasteiger partial charge in [0.25, 0.3) is 0 Å². The Labute approximate surface area is 153 Å². The molecule has 3 saturated heterocycles. The lowest BCUT2D eigenvalue weighted by molar-refractivity contribution is -0.138. The van der Waals surface area contributed by atoms with E-state index in [4.69, 9.17) is 4.42 Å².